The van der Waals surface area contributed by atoms with Crippen molar-refractivity contribution in [2.45, 2.75) is 13.0 Å². The van der Waals surface area contributed by atoms with Crippen molar-refractivity contribution in [1.82, 2.24) is 19.9 Å². The molecule has 3 rings (SSSR count). The van der Waals surface area contributed by atoms with Gasteiger partial charge in [0, 0.05) is 31.7 Å². The summed E-state index contributed by atoms with van der Waals surface area (Å²) in [6.07, 6.45) is 2.10. The molecule has 86 valence electrons. The van der Waals surface area contributed by atoms with Gasteiger partial charge in [0.2, 0.25) is 0 Å². The molecule has 0 atom stereocenters. The zero-order chi connectivity index (χ0) is 11.8. The zero-order valence-corrected chi connectivity index (χ0v) is 9.16. The highest BCUT2D eigenvalue weighted by Crippen LogP contribution is 2.22. The summed E-state index contributed by atoms with van der Waals surface area (Å²) >= 11 is 0. The summed E-state index contributed by atoms with van der Waals surface area (Å²) in [7, 11) is 0. The molecule has 0 bridgehead atoms. The Hall–Kier alpha value is -2.13. The van der Waals surface area contributed by atoms with Gasteiger partial charge >= 0.3 is 0 Å². The Morgan fingerprint density at radius 1 is 1.47 bits per heavy atom. The highest BCUT2D eigenvalue weighted by Gasteiger charge is 2.21. The summed E-state index contributed by atoms with van der Waals surface area (Å²) in [6.45, 7) is 2.32. The average Bonchev–Trinajstić information content (AvgIpc) is 2.49. The van der Waals surface area contributed by atoms with Crippen LogP contribution in [-0.2, 0) is 13.0 Å². The van der Waals surface area contributed by atoms with E-state index < -0.39 is 0 Å². The van der Waals surface area contributed by atoms with Gasteiger partial charge < -0.3 is 14.9 Å². The summed E-state index contributed by atoms with van der Waals surface area (Å²) in [6, 6.07) is 2.17. The molecule has 0 unspecified atom stereocenters. The van der Waals surface area contributed by atoms with Gasteiger partial charge in [0.15, 0.2) is 0 Å². The normalized spacial score (nSPS) is 15.2. The third-order valence-electron chi connectivity index (χ3n) is 3.11. The number of nitriles is 1. The number of hydrogen-bond acceptors (Lipinski definition) is 4. The van der Waals surface area contributed by atoms with Crippen molar-refractivity contribution in [3.8, 4) is 6.07 Å². The Bertz CT molecular complexity index is 675. The molecule has 2 aromatic heterocycles. The lowest BCUT2D eigenvalue weighted by molar-refractivity contribution is 0.656. The van der Waals surface area contributed by atoms with Crippen molar-refractivity contribution < 1.29 is 0 Å². The maximum Gasteiger partial charge on any atom is 0.275 e. The Labute approximate surface area is 96.9 Å². The molecule has 0 fully saturated rings. The van der Waals surface area contributed by atoms with Crippen molar-refractivity contribution in [3.05, 3.63) is 27.9 Å². The number of hydrogen-bond donors (Lipinski definition) is 2. The molecule has 0 saturated heterocycles. The molecule has 3 heterocycles. The largest absolute Gasteiger partial charge is 0.336 e. The van der Waals surface area contributed by atoms with E-state index in [0.29, 0.717) is 23.1 Å². The lowest BCUT2D eigenvalue weighted by atomic mass is 10.2. The second kappa shape index (κ2) is 3.71. The van der Waals surface area contributed by atoms with Crippen LogP contribution in [0.3, 0.4) is 0 Å². The molecule has 2 N–H and O–H groups in total. The molecule has 1 aliphatic heterocycles. The van der Waals surface area contributed by atoms with Crippen molar-refractivity contribution in [3.63, 3.8) is 0 Å². The molecule has 6 nitrogen and oxygen atoms in total. The van der Waals surface area contributed by atoms with Crippen LogP contribution in [0, 0.1) is 11.3 Å². The van der Waals surface area contributed by atoms with E-state index in [0.717, 1.165) is 25.2 Å². The van der Waals surface area contributed by atoms with E-state index >= 15 is 0 Å². The van der Waals surface area contributed by atoms with Gasteiger partial charge in [-0.1, -0.05) is 0 Å². The van der Waals surface area contributed by atoms with E-state index in [4.69, 9.17) is 0 Å². The minimum absolute atomic E-state index is 0.181. The fourth-order valence-corrected chi connectivity index (χ4v) is 2.38. The summed E-state index contributed by atoms with van der Waals surface area (Å²) in [5.41, 5.74) is 2.31. The van der Waals surface area contributed by atoms with Crippen LogP contribution in [0.15, 0.2) is 11.1 Å². The number of nitrogens with one attached hydrogen (secondary N) is 2. The molecule has 0 spiro atoms. The quantitative estimate of drug-likeness (QED) is 0.651. The first-order valence-corrected chi connectivity index (χ1v) is 5.52. The number of rotatable bonds is 0. The summed E-state index contributed by atoms with van der Waals surface area (Å²) in [4.78, 5) is 18.5. The number of nitrogens with zero attached hydrogens (tertiary/aromatic N) is 3. The van der Waals surface area contributed by atoms with E-state index in [2.05, 4.69) is 21.4 Å². The molecule has 0 aliphatic carbocycles. The maximum absolute atomic E-state index is 11.8. The summed E-state index contributed by atoms with van der Waals surface area (Å²) < 4.78 is 1.92. The summed E-state index contributed by atoms with van der Waals surface area (Å²) in [5, 5.41) is 12.5. The zero-order valence-electron chi connectivity index (χ0n) is 9.16. The lowest BCUT2D eigenvalue weighted by Gasteiger charge is -2.03. The SMILES string of the molecule is N#Cc1c2n(c3c(=O)[nH]cnc13)CCNCC2. The van der Waals surface area contributed by atoms with Crippen LogP contribution in [-0.4, -0.2) is 27.6 Å². The fraction of sp³-hybridized carbons (Fsp3) is 0.364. The van der Waals surface area contributed by atoms with Crippen molar-refractivity contribution in [2.24, 2.45) is 0 Å². The Balaban J connectivity index is 2.46. The predicted molar refractivity (Wildman–Crippen MR) is 61.6 cm³/mol. The first-order chi connectivity index (χ1) is 8.33. The number of H-pyrrole nitrogens is 1. The maximum atomic E-state index is 11.8. The molecule has 0 radical (unpaired) electrons. The molecule has 2 aromatic rings. The van der Waals surface area contributed by atoms with Gasteiger partial charge in [0.05, 0.1) is 11.9 Å². The van der Waals surface area contributed by atoms with Gasteiger partial charge in [-0.25, -0.2) is 4.98 Å². The highest BCUT2D eigenvalue weighted by atomic mass is 16.1. The second-order valence-electron chi connectivity index (χ2n) is 4.01. The molecule has 6 heteroatoms. The molecular formula is C11H11N5O. The third kappa shape index (κ3) is 1.36. The first kappa shape index (κ1) is 10.1. The second-order valence-corrected chi connectivity index (χ2v) is 4.01. The first-order valence-electron chi connectivity index (χ1n) is 5.52. The molecule has 0 saturated carbocycles. The van der Waals surface area contributed by atoms with Gasteiger partial charge in [-0.2, -0.15) is 5.26 Å². The predicted octanol–water partition coefficient (Wildman–Crippen LogP) is -0.258. The number of aromatic nitrogens is 3. The van der Waals surface area contributed by atoms with Crippen LogP contribution in [0.2, 0.25) is 0 Å². The topological polar surface area (TPSA) is 86.5 Å². The van der Waals surface area contributed by atoms with Crippen LogP contribution in [0.4, 0.5) is 0 Å². The minimum atomic E-state index is -0.181. The van der Waals surface area contributed by atoms with Crippen LogP contribution >= 0.6 is 0 Å². The van der Waals surface area contributed by atoms with E-state index in [1.807, 2.05) is 4.57 Å². The fourth-order valence-electron chi connectivity index (χ4n) is 2.38. The summed E-state index contributed by atoms with van der Waals surface area (Å²) in [5.74, 6) is 0. The van der Waals surface area contributed by atoms with Crippen LogP contribution in [0.1, 0.15) is 11.3 Å². The van der Waals surface area contributed by atoms with Crippen molar-refractivity contribution in [2.75, 3.05) is 13.1 Å². The average molecular weight is 229 g/mol. The molecule has 0 aromatic carbocycles. The van der Waals surface area contributed by atoms with Crippen molar-refractivity contribution in [1.29, 1.82) is 5.26 Å². The van der Waals surface area contributed by atoms with E-state index in [9.17, 15) is 10.1 Å². The van der Waals surface area contributed by atoms with Crippen molar-refractivity contribution >= 4 is 11.0 Å². The minimum Gasteiger partial charge on any atom is -0.336 e. The van der Waals surface area contributed by atoms with Gasteiger partial charge in [-0.3, -0.25) is 4.79 Å². The van der Waals surface area contributed by atoms with E-state index in [1.54, 1.807) is 0 Å². The monoisotopic (exact) mass is 229 g/mol. The molecule has 17 heavy (non-hydrogen) atoms. The van der Waals surface area contributed by atoms with Gasteiger partial charge in [0.1, 0.15) is 17.1 Å². The Morgan fingerprint density at radius 2 is 2.35 bits per heavy atom. The van der Waals surface area contributed by atoms with E-state index in [1.165, 1.54) is 6.33 Å². The standard InChI is InChI=1S/C11H11N5O/c12-5-7-8-1-2-13-3-4-16(8)10-9(7)14-6-15-11(10)17/h6,13H,1-4H2,(H,14,15,17). The van der Waals surface area contributed by atoms with Gasteiger partial charge in [0.25, 0.3) is 5.56 Å². The number of aromatic amines is 1. The molecule has 0 amide bonds. The smallest absolute Gasteiger partial charge is 0.275 e. The van der Waals surface area contributed by atoms with Gasteiger partial charge in [-0.15, -0.1) is 0 Å². The van der Waals surface area contributed by atoms with Crippen LogP contribution < -0.4 is 10.9 Å². The Morgan fingerprint density at radius 3 is 3.18 bits per heavy atom. The third-order valence-corrected chi connectivity index (χ3v) is 3.11. The Kier molecular flexibility index (Phi) is 2.20. The highest BCUT2D eigenvalue weighted by molar-refractivity contribution is 5.83. The lowest BCUT2D eigenvalue weighted by Crippen LogP contribution is -2.18. The van der Waals surface area contributed by atoms with Crippen LogP contribution in [0.25, 0.3) is 11.0 Å². The van der Waals surface area contributed by atoms with Crippen LogP contribution in [0.5, 0.6) is 0 Å². The molecular weight excluding hydrogens is 218 g/mol. The molecule has 1 aliphatic rings. The van der Waals surface area contributed by atoms with Gasteiger partial charge in [-0.05, 0) is 0 Å². The number of fused-ring (bicyclic) bond motifs is 3. The van der Waals surface area contributed by atoms with E-state index in [-0.39, 0.29) is 5.56 Å².